The van der Waals surface area contributed by atoms with Crippen LogP contribution in [0.1, 0.15) is 5.56 Å². The molecular weight excluding hydrogens is 264 g/mol. The molecule has 1 aromatic heterocycles. The summed E-state index contributed by atoms with van der Waals surface area (Å²) < 4.78 is 1.52. The highest BCUT2D eigenvalue weighted by atomic mass is 16.1. The van der Waals surface area contributed by atoms with Crippen molar-refractivity contribution in [2.24, 2.45) is 5.73 Å². The largest absolute Gasteiger partial charge is 0.378 e. The van der Waals surface area contributed by atoms with E-state index in [9.17, 15) is 4.79 Å². The number of nitrogens with one attached hydrogen (secondary N) is 1. The molecule has 0 unspecified atom stereocenters. The maximum Gasteiger partial charge on any atom is 0.239 e. The predicted octanol–water partition coefficient (Wildman–Crippen LogP) is 2.13. The second kappa shape index (κ2) is 5.66. The third-order valence-electron chi connectivity index (χ3n) is 3.26. The van der Waals surface area contributed by atoms with Crippen LogP contribution in [-0.2, 0) is 17.9 Å². The lowest BCUT2D eigenvalue weighted by atomic mass is 10.1. The molecule has 1 amide bonds. The first-order valence-corrected chi connectivity index (χ1v) is 6.73. The summed E-state index contributed by atoms with van der Waals surface area (Å²) in [7, 11) is 0. The molecule has 1 heterocycles. The number of anilines is 1. The molecule has 0 aliphatic heterocycles. The fourth-order valence-electron chi connectivity index (χ4n) is 2.25. The molecule has 0 saturated carbocycles. The van der Waals surface area contributed by atoms with Crippen LogP contribution in [0.4, 0.5) is 5.69 Å². The quantitative estimate of drug-likeness (QED) is 0.752. The number of carbonyl (C=O) groups excluding carboxylic acids is 1. The Balaban J connectivity index is 1.68. The van der Waals surface area contributed by atoms with Crippen molar-refractivity contribution in [2.45, 2.75) is 13.1 Å². The Bertz CT molecular complexity index is 779. The maximum atomic E-state index is 10.8. The zero-order chi connectivity index (χ0) is 14.7. The highest BCUT2D eigenvalue weighted by Crippen LogP contribution is 2.16. The van der Waals surface area contributed by atoms with Crippen LogP contribution in [0.2, 0.25) is 0 Å². The Morgan fingerprint density at radius 2 is 2.00 bits per heavy atom. The standard InChI is InChI=1S/C16H16N4O/c17-16(21)11-20-10-15(9-19-20)18-8-12-5-6-13-3-1-2-4-14(13)7-12/h1-7,9-10,18H,8,11H2,(H2,17,21). The van der Waals surface area contributed by atoms with Gasteiger partial charge in [0.05, 0.1) is 11.9 Å². The average Bonchev–Trinajstić information content (AvgIpc) is 2.91. The number of carbonyl (C=O) groups is 1. The first-order chi connectivity index (χ1) is 10.2. The molecule has 21 heavy (non-hydrogen) atoms. The summed E-state index contributed by atoms with van der Waals surface area (Å²) in [4.78, 5) is 10.8. The highest BCUT2D eigenvalue weighted by molar-refractivity contribution is 5.83. The van der Waals surface area contributed by atoms with Crippen molar-refractivity contribution in [1.29, 1.82) is 0 Å². The van der Waals surface area contributed by atoms with Gasteiger partial charge in [-0.15, -0.1) is 0 Å². The fraction of sp³-hybridized carbons (Fsp3) is 0.125. The van der Waals surface area contributed by atoms with E-state index in [0.29, 0.717) is 6.54 Å². The molecule has 3 N–H and O–H groups in total. The van der Waals surface area contributed by atoms with Gasteiger partial charge < -0.3 is 11.1 Å². The van der Waals surface area contributed by atoms with Crippen LogP contribution in [0.5, 0.6) is 0 Å². The van der Waals surface area contributed by atoms with Gasteiger partial charge in [-0.05, 0) is 22.4 Å². The van der Waals surface area contributed by atoms with E-state index >= 15 is 0 Å². The molecule has 0 spiro atoms. The first kappa shape index (κ1) is 13.2. The minimum absolute atomic E-state index is 0.0949. The summed E-state index contributed by atoms with van der Waals surface area (Å²) in [6.45, 7) is 0.796. The number of nitrogens with two attached hydrogens (primary N) is 1. The van der Waals surface area contributed by atoms with Gasteiger partial charge in [-0.3, -0.25) is 9.48 Å². The predicted molar refractivity (Wildman–Crippen MR) is 82.7 cm³/mol. The van der Waals surface area contributed by atoms with Gasteiger partial charge in [0.1, 0.15) is 6.54 Å². The molecule has 0 aliphatic carbocycles. The van der Waals surface area contributed by atoms with Crippen molar-refractivity contribution in [3.05, 3.63) is 60.4 Å². The van der Waals surface area contributed by atoms with Gasteiger partial charge in [0.15, 0.2) is 0 Å². The van der Waals surface area contributed by atoms with Crippen LogP contribution in [0.15, 0.2) is 54.9 Å². The zero-order valence-electron chi connectivity index (χ0n) is 11.5. The molecule has 2 aromatic carbocycles. The second-order valence-electron chi connectivity index (χ2n) is 4.93. The summed E-state index contributed by atoms with van der Waals surface area (Å²) >= 11 is 0. The SMILES string of the molecule is NC(=O)Cn1cc(NCc2ccc3ccccc3c2)cn1. The molecule has 0 fully saturated rings. The van der Waals surface area contributed by atoms with Gasteiger partial charge in [-0.2, -0.15) is 5.10 Å². The summed E-state index contributed by atoms with van der Waals surface area (Å²) in [5, 5.41) is 9.81. The molecule has 0 aliphatic rings. The van der Waals surface area contributed by atoms with E-state index in [-0.39, 0.29) is 6.54 Å². The molecule has 0 atom stereocenters. The Morgan fingerprint density at radius 1 is 1.19 bits per heavy atom. The number of benzene rings is 2. The lowest BCUT2D eigenvalue weighted by Crippen LogP contribution is -2.18. The van der Waals surface area contributed by atoms with E-state index in [4.69, 9.17) is 5.73 Å². The summed E-state index contributed by atoms with van der Waals surface area (Å²) in [6.07, 6.45) is 3.45. The number of rotatable bonds is 5. The number of fused-ring (bicyclic) bond motifs is 1. The highest BCUT2D eigenvalue weighted by Gasteiger charge is 2.01. The molecule has 3 aromatic rings. The van der Waals surface area contributed by atoms with E-state index < -0.39 is 5.91 Å². The fourth-order valence-corrected chi connectivity index (χ4v) is 2.25. The Hall–Kier alpha value is -2.82. The third-order valence-corrected chi connectivity index (χ3v) is 3.26. The van der Waals surface area contributed by atoms with Crippen LogP contribution in [0, 0.1) is 0 Å². The van der Waals surface area contributed by atoms with Gasteiger partial charge in [-0.25, -0.2) is 0 Å². The molecule has 0 radical (unpaired) electrons. The van der Waals surface area contributed by atoms with Crippen molar-refractivity contribution in [3.63, 3.8) is 0 Å². The van der Waals surface area contributed by atoms with Crippen LogP contribution in [0.25, 0.3) is 10.8 Å². The van der Waals surface area contributed by atoms with Crippen molar-refractivity contribution in [3.8, 4) is 0 Å². The minimum Gasteiger partial charge on any atom is -0.378 e. The zero-order valence-corrected chi connectivity index (χ0v) is 11.5. The molecule has 5 nitrogen and oxygen atoms in total. The number of hydrogen-bond donors (Lipinski definition) is 2. The van der Waals surface area contributed by atoms with Gasteiger partial charge >= 0.3 is 0 Å². The van der Waals surface area contributed by atoms with Crippen molar-refractivity contribution >= 4 is 22.4 Å². The molecule has 106 valence electrons. The van der Waals surface area contributed by atoms with E-state index in [0.717, 1.165) is 5.69 Å². The Labute approximate surface area is 122 Å². The lowest BCUT2D eigenvalue weighted by Gasteiger charge is -2.05. The van der Waals surface area contributed by atoms with Crippen LogP contribution >= 0.6 is 0 Å². The Kier molecular flexibility index (Phi) is 3.55. The normalized spacial score (nSPS) is 10.7. The summed E-state index contributed by atoms with van der Waals surface area (Å²) in [5.74, 6) is -0.404. The number of amides is 1. The maximum absolute atomic E-state index is 10.8. The number of hydrogen-bond acceptors (Lipinski definition) is 3. The number of aromatic nitrogens is 2. The second-order valence-corrected chi connectivity index (χ2v) is 4.93. The van der Waals surface area contributed by atoms with Crippen molar-refractivity contribution in [2.75, 3.05) is 5.32 Å². The Morgan fingerprint density at radius 3 is 2.81 bits per heavy atom. The van der Waals surface area contributed by atoms with Crippen LogP contribution < -0.4 is 11.1 Å². The molecule has 0 bridgehead atoms. The van der Waals surface area contributed by atoms with Crippen molar-refractivity contribution in [1.82, 2.24) is 9.78 Å². The van der Waals surface area contributed by atoms with Gasteiger partial charge in [0.2, 0.25) is 5.91 Å². The van der Waals surface area contributed by atoms with Gasteiger partial charge in [0, 0.05) is 12.7 Å². The lowest BCUT2D eigenvalue weighted by molar-refractivity contribution is -0.118. The van der Waals surface area contributed by atoms with E-state index in [1.54, 1.807) is 12.4 Å². The smallest absolute Gasteiger partial charge is 0.239 e. The first-order valence-electron chi connectivity index (χ1n) is 6.73. The van der Waals surface area contributed by atoms with Crippen molar-refractivity contribution < 1.29 is 4.79 Å². The molecular formula is C16H16N4O. The van der Waals surface area contributed by atoms with Gasteiger partial charge in [-0.1, -0.05) is 36.4 Å². The van der Waals surface area contributed by atoms with Crippen LogP contribution in [-0.4, -0.2) is 15.7 Å². The number of primary amides is 1. The van der Waals surface area contributed by atoms with E-state index in [2.05, 4.69) is 40.7 Å². The summed E-state index contributed by atoms with van der Waals surface area (Å²) in [5.41, 5.74) is 7.19. The monoisotopic (exact) mass is 280 g/mol. The van der Waals surface area contributed by atoms with E-state index in [1.807, 2.05) is 12.1 Å². The molecule has 5 heteroatoms. The van der Waals surface area contributed by atoms with E-state index in [1.165, 1.54) is 21.0 Å². The minimum atomic E-state index is -0.404. The average molecular weight is 280 g/mol. The molecule has 3 rings (SSSR count). The topological polar surface area (TPSA) is 72.9 Å². The molecule has 0 saturated heterocycles. The summed E-state index contributed by atoms with van der Waals surface area (Å²) in [6, 6.07) is 14.6. The van der Waals surface area contributed by atoms with Crippen LogP contribution in [0.3, 0.4) is 0 Å². The van der Waals surface area contributed by atoms with Gasteiger partial charge in [0.25, 0.3) is 0 Å². The number of nitrogens with zero attached hydrogens (tertiary/aromatic N) is 2. The third kappa shape index (κ3) is 3.20.